The fourth-order valence-corrected chi connectivity index (χ4v) is 3.59. The van der Waals surface area contributed by atoms with Crippen LogP contribution >= 0.6 is 0 Å². The van der Waals surface area contributed by atoms with Gasteiger partial charge in [-0.1, -0.05) is 0 Å². The van der Waals surface area contributed by atoms with Crippen LogP contribution in [0.1, 0.15) is 32.6 Å². The van der Waals surface area contributed by atoms with E-state index in [0.29, 0.717) is 17.1 Å². The van der Waals surface area contributed by atoms with Crippen LogP contribution in [0, 0.1) is 19.2 Å². The molecule has 1 aromatic carbocycles. The fourth-order valence-electron chi connectivity index (χ4n) is 3.59. The number of aromatic nitrogens is 3. The molecule has 1 aliphatic rings. The number of anilines is 1. The van der Waals surface area contributed by atoms with E-state index in [9.17, 15) is 9.50 Å². The number of aryl methyl sites for hydroxylation is 1. The third kappa shape index (κ3) is 4.68. The van der Waals surface area contributed by atoms with Crippen LogP contribution in [-0.2, 0) is 0 Å². The first-order valence-electron chi connectivity index (χ1n) is 10.1. The minimum absolute atomic E-state index is 0. The van der Waals surface area contributed by atoms with Gasteiger partial charge in [-0.15, -0.1) is 0 Å². The molecular formula is C23H24FN4NaO2. The van der Waals surface area contributed by atoms with Crippen LogP contribution in [0.2, 0.25) is 0 Å². The molecule has 0 amide bonds. The average Bonchev–Trinajstić information content (AvgIpc) is 3.40. The summed E-state index contributed by atoms with van der Waals surface area (Å²) >= 11 is 0. The van der Waals surface area contributed by atoms with Gasteiger partial charge in [0.15, 0.2) is 23.0 Å². The molecule has 0 unspecified atom stereocenters. The summed E-state index contributed by atoms with van der Waals surface area (Å²) in [4.78, 5) is 15.5. The second-order valence-electron chi connectivity index (χ2n) is 7.34. The Balaban J connectivity index is 0.000000645. The van der Waals surface area contributed by atoms with Gasteiger partial charge in [0.05, 0.1) is 16.7 Å². The van der Waals surface area contributed by atoms with Gasteiger partial charge in [0, 0.05) is 25.6 Å². The van der Waals surface area contributed by atoms with E-state index in [0.717, 1.165) is 24.4 Å². The van der Waals surface area contributed by atoms with Crippen LogP contribution in [0.4, 0.5) is 10.2 Å². The van der Waals surface area contributed by atoms with Gasteiger partial charge in [0.25, 0.3) is 0 Å². The van der Waals surface area contributed by atoms with E-state index in [1.165, 1.54) is 12.8 Å². The largest absolute Gasteiger partial charge is 1.00 e. The molecule has 0 aliphatic carbocycles. The number of hydrogen-bond donors (Lipinski definition) is 1. The van der Waals surface area contributed by atoms with Crippen molar-refractivity contribution in [3.8, 4) is 17.0 Å². The summed E-state index contributed by atoms with van der Waals surface area (Å²) in [6, 6.07) is 8.99. The summed E-state index contributed by atoms with van der Waals surface area (Å²) in [7, 11) is 0. The van der Waals surface area contributed by atoms with Crippen LogP contribution in [0.15, 0.2) is 34.7 Å². The first-order chi connectivity index (χ1) is 14.5. The van der Waals surface area contributed by atoms with Gasteiger partial charge in [-0.3, -0.25) is 0 Å². The molecule has 1 fully saturated rings. The fraction of sp³-hybridized carbons (Fsp3) is 0.304. The van der Waals surface area contributed by atoms with E-state index in [1.54, 1.807) is 19.1 Å². The molecule has 0 spiro atoms. The van der Waals surface area contributed by atoms with Crippen molar-refractivity contribution in [2.24, 2.45) is 0 Å². The van der Waals surface area contributed by atoms with Crippen LogP contribution in [0.3, 0.4) is 0 Å². The molecule has 1 N–H and O–H groups in total. The molecular weight excluding hydrogens is 406 g/mol. The van der Waals surface area contributed by atoms with E-state index >= 15 is 0 Å². The minimum Gasteiger partial charge on any atom is -0.504 e. The number of pyridine rings is 2. The van der Waals surface area contributed by atoms with Crippen molar-refractivity contribution in [1.82, 2.24) is 15.0 Å². The van der Waals surface area contributed by atoms with Crippen LogP contribution in [0.5, 0.6) is 5.75 Å². The number of hydrogen-bond acceptors (Lipinski definition) is 6. The number of rotatable bonds is 2. The molecule has 6 nitrogen and oxygen atoms in total. The van der Waals surface area contributed by atoms with Crippen molar-refractivity contribution in [3.05, 3.63) is 48.5 Å². The monoisotopic (exact) mass is 430 g/mol. The molecule has 1 aliphatic heterocycles. The molecule has 1 saturated heterocycles. The Kier molecular flexibility index (Phi) is 7.51. The number of aromatic hydroxyl groups is 1. The van der Waals surface area contributed by atoms with Crippen LogP contribution in [-0.4, -0.2) is 33.1 Å². The Labute approximate surface area is 202 Å². The van der Waals surface area contributed by atoms with Gasteiger partial charge in [-0.25, -0.2) is 19.3 Å². The van der Waals surface area contributed by atoms with Crippen molar-refractivity contribution in [1.29, 1.82) is 0 Å². The summed E-state index contributed by atoms with van der Waals surface area (Å²) < 4.78 is 19.9. The molecule has 4 heterocycles. The van der Waals surface area contributed by atoms with Crippen molar-refractivity contribution in [2.45, 2.75) is 33.6 Å². The van der Waals surface area contributed by atoms with Crippen LogP contribution < -0.4 is 34.5 Å². The zero-order chi connectivity index (χ0) is 21.3. The molecule has 31 heavy (non-hydrogen) atoms. The maximum Gasteiger partial charge on any atom is 1.00 e. The van der Waals surface area contributed by atoms with E-state index in [4.69, 9.17) is 4.42 Å². The minimum atomic E-state index is -0.802. The first kappa shape index (κ1) is 23.4. The molecule has 0 saturated carbocycles. The quantitative estimate of drug-likeness (QED) is 0.389. The van der Waals surface area contributed by atoms with Crippen molar-refractivity contribution in [3.63, 3.8) is 0 Å². The van der Waals surface area contributed by atoms with E-state index in [1.807, 2.05) is 38.5 Å². The normalized spacial score (nSPS) is 13.2. The van der Waals surface area contributed by atoms with Gasteiger partial charge in [-0.2, -0.15) is 13.8 Å². The van der Waals surface area contributed by atoms with Crippen molar-refractivity contribution < 1.29 is 43.5 Å². The van der Waals surface area contributed by atoms with Gasteiger partial charge in [0.2, 0.25) is 0 Å². The zero-order valence-electron chi connectivity index (χ0n) is 18.3. The average molecular weight is 430 g/mol. The SMILES string of the molecule is C[CH-]C.Cc1nc2c(F)c(O)c(-c3ccc4nc(N5CCCC5)ccc4n3)cc2o1.[Na+]. The third-order valence-electron chi connectivity index (χ3n) is 4.94. The number of benzene rings is 1. The predicted molar refractivity (Wildman–Crippen MR) is 116 cm³/mol. The Morgan fingerprint density at radius 2 is 1.68 bits per heavy atom. The standard InChI is InChI=1S/C20H17FN4O2.C3H7.Na/c1-11-22-19-16(27-11)10-12(20(26)18(19)21)13-4-5-15-14(23-13)6-7-17(24-15)25-8-2-3-9-25;1-3-2;/h4-7,10,26H,2-3,8-9H2,1H3;3H,1-2H3;/q;-1;+1. The summed E-state index contributed by atoms with van der Waals surface area (Å²) in [5, 5.41) is 10.3. The topological polar surface area (TPSA) is 75.3 Å². The Morgan fingerprint density at radius 3 is 2.39 bits per heavy atom. The van der Waals surface area contributed by atoms with Gasteiger partial charge in [0.1, 0.15) is 11.3 Å². The summed E-state index contributed by atoms with van der Waals surface area (Å²) in [5.41, 5.74) is 2.46. The van der Waals surface area contributed by atoms with Crippen LogP contribution in [0.25, 0.3) is 33.4 Å². The summed E-state index contributed by atoms with van der Waals surface area (Å²) in [5.74, 6) is 0.000563. The zero-order valence-corrected chi connectivity index (χ0v) is 20.3. The Morgan fingerprint density at radius 1 is 1.03 bits per heavy atom. The number of oxazole rings is 1. The molecule has 0 atom stereocenters. The van der Waals surface area contributed by atoms with E-state index < -0.39 is 11.6 Å². The number of phenols is 1. The first-order valence-corrected chi connectivity index (χ1v) is 10.1. The predicted octanol–water partition coefficient (Wildman–Crippen LogP) is 2.43. The van der Waals surface area contributed by atoms with E-state index in [2.05, 4.69) is 19.9 Å². The second kappa shape index (κ2) is 9.94. The maximum absolute atomic E-state index is 14.5. The summed E-state index contributed by atoms with van der Waals surface area (Å²) in [6.07, 6.45) is 4.37. The van der Waals surface area contributed by atoms with Crippen molar-refractivity contribution in [2.75, 3.05) is 18.0 Å². The number of nitrogens with zero attached hydrogens (tertiary/aromatic N) is 4. The Hall–Kier alpha value is -2.22. The van der Waals surface area contributed by atoms with Gasteiger partial charge in [-0.05, 0) is 43.2 Å². The van der Waals surface area contributed by atoms with Gasteiger partial charge >= 0.3 is 29.6 Å². The molecule has 5 rings (SSSR count). The molecule has 0 radical (unpaired) electrons. The summed E-state index contributed by atoms with van der Waals surface area (Å²) in [6.45, 7) is 7.68. The van der Waals surface area contributed by atoms with Crippen molar-refractivity contribution >= 4 is 28.0 Å². The molecule has 156 valence electrons. The second-order valence-corrected chi connectivity index (χ2v) is 7.34. The maximum atomic E-state index is 14.5. The number of halogens is 1. The number of fused-ring (bicyclic) bond motifs is 2. The smallest absolute Gasteiger partial charge is 0.504 e. The molecule has 0 bridgehead atoms. The Bertz CT molecular complexity index is 1210. The molecule has 8 heteroatoms. The molecule has 3 aromatic heterocycles. The third-order valence-corrected chi connectivity index (χ3v) is 4.94. The van der Waals surface area contributed by atoms with E-state index in [-0.39, 0.29) is 46.2 Å². The number of phenolic OH excluding ortho intramolecular Hbond substituents is 1. The van der Waals surface area contributed by atoms with Gasteiger partial charge < -0.3 is 20.8 Å². The molecule has 4 aromatic rings.